The molecule has 8 aliphatic rings. The van der Waals surface area contributed by atoms with Crippen molar-refractivity contribution >= 4 is 41.2 Å². The number of aliphatic imine (C=N–C) groups is 4. The molecule has 4 fully saturated rings. The van der Waals surface area contributed by atoms with Gasteiger partial charge in [-0.15, -0.1) is 0 Å². The quantitative estimate of drug-likeness (QED) is 0.0227. The van der Waals surface area contributed by atoms with Crippen molar-refractivity contribution in [3.8, 4) is 5.88 Å². The van der Waals surface area contributed by atoms with Gasteiger partial charge in [0.1, 0.15) is 102 Å². The molecule has 5 aromatic rings. The summed E-state index contributed by atoms with van der Waals surface area (Å²) < 4.78 is 175. The molecule has 9 heterocycles. The fourth-order valence-electron chi connectivity index (χ4n) is 13.6. The molecule has 100 heavy (non-hydrogen) atoms. The Kier molecular flexibility index (Phi) is 26.0. The molecule has 10 N–H and O–H groups in total. The van der Waals surface area contributed by atoms with Crippen LogP contribution in [-0.2, 0) is 66.5 Å². The first-order valence-corrected chi connectivity index (χ1v) is 30.2. The van der Waals surface area contributed by atoms with Gasteiger partial charge >= 0.3 is 0 Å². The first-order valence-electron chi connectivity index (χ1n) is 30.2. The Labute approximate surface area is 572 Å². The molecule has 8 aliphatic heterocycles. The lowest BCUT2D eigenvalue weighted by atomic mass is 9.75. The molecule has 33 heteroatoms. The second-order valence-electron chi connectivity index (χ2n) is 24.0. The molecule has 548 valence electrons. The number of nitrogen functional groups attached to an aromatic ring is 1. The maximum absolute atomic E-state index is 14.9. The summed E-state index contributed by atoms with van der Waals surface area (Å²) in [5, 5.41) is 11.0. The number of ketones is 1. The third-order valence-corrected chi connectivity index (χ3v) is 18.5. The highest BCUT2D eigenvalue weighted by Crippen LogP contribution is 2.50. The molecule has 0 amide bonds. The molecule has 0 aliphatic carbocycles. The summed E-state index contributed by atoms with van der Waals surface area (Å²) in [6.07, 6.45) is -1.14. The van der Waals surface area contributed by atoms with Gasteiger partial charge in [0.25, 0.3) is 29.8 Å². The number of benzene rings is 4. The zero-order chi connectivity index (χ0) is 69.2. The number of halogens is 9. The molecule has 0 saturated carbocycles. The van der Waals surface area contributed by atoms with E-state index >= 15 is 0 Å². The van der Waals surface area contributed by atoms with Gasteiger partial charge in [0.05, 0.1) is 91.8 Å². The summed E-state index contributed by atoms with van der Waals surface area (Å²) in [7, 11) is 0. The van der Waals surface area contributed by atoms with E-state index in [9.17, 15) is 54.4 Å². The van der Waals surface area contributed by atoms with Gasteiger partial charge in [-0.3, -0.25) is 14.9 Å². The Hall–Kier alpha value is -9.08. The first-order chi connectivity index (χ1) is 45.8. The number of nitrogens with zero attached hydrogens (tertiary/aromatic N) is 7. The van der Waals surface area contributed by atoms with Crippen LogP contribution in [0.25, 0.3) is 0 Å². The third kappa shape index (κ3) is 15.0. The van der Waals surface area contributed by atoms with Crippen molar-refractivity contribution in [3.63, 3.8) is 0 Å². The minimum absolute atomic E-state index is 0. The van der Waals surface area contributed by atoms with Crippen molar-refractivity contribution in [1.82, 2.24) is 9.97 Å². The van der Waals surface area contributed by atoms with E-state index in [1.165, 1.54) is 42.5 Å². The minimum atomic E-state index is -1.70. The topological polar surface area (TPSA) is 349 Å². The van der Waals surface area contributed by atoms with Crippen molar-refractivity contribution in [2.75, 3.05) is 65.7 Å². The largest absolute Gasteiger partial charge is 0.459 e. The maximum atomic E-state index is 14.9. The van der Waals surface area contributed by atoms with Crippen LogP contribution in [-0.4, -0.2) is 154 Å². The molecule has 13 rings (SSSR count). The second kappa shape index (κ2) is 32.5. The molecule has 1 aromatic heterocycles. The number of nitro benzene ring substituents is 1. The fraction of sp³-hybridized carbons (Fsp3) is 0.507. The molecule has 16 atom stereocenters. The highest BCUT2D eigenvalue weighted by atomic mass is 19.2. The molecular weight excluding hydrogens is 1340 g/mol. The number of hydrogen-bond donors (Lipinski definition) is 5. The SMILES string of the molecule is C.C.C.C.C[C@H]1OC[C@H]2[C@@H]1OC(N)=N[C@]2(CF)c1cc(CC(=O)c2cnc(OCF)cn2)ccc1F.C[C@H]1OC[C@H]2[C@@H]1OC(N)=N[C@]2(CF)c1cc(N)ccc1F.C[C@H]1OC[C@H]2[C@@H]1OC(N)=N[C@]2(CF)c1cc([N+](=O)[O-])ccc1F.C[C@H]1OC[C@H]2[C@@H]1OC(N)=N[C@]2(CF)c1ccccc1F. The predicted molar refractivity (Wildman–Crippen MR) is 352 cm³/mol. The number of non-ortho nitro benzene ring substituents is 1. The summed E-state index contributed by atoms with van der Waals surface area (Å²) in [4.78, 5) is 47.0. The number of fused-ring (bicyclic) bond motifs is 4. The van der Waals surface area contributed by atoms with Crippen LogP contribution in [0.1, 0.15) is 95.7 Å². The smallest absolute Gasteiger partial charge is 0.283 e. The average Bonchev–Trinajstić information content (AvgIpc) is 1.44. The second-order valence-corrected chi connectivity index (χ2v) is 24.0. The van der Waals surface area contributed by atoms with Crippen LogP contribution in [0.15, 0.2) is 111 Å². The molecular formula is C67H85F9N12O12. The van der Waals surface area contributed by atoms with E-state index in [1.54, 1.807) is 26.0 Å². The van der Waals surface area contributed by atoms with Gasteiger partial charge in [-0.1, -0.05) is 54.0 Å². The van der Waals surface area contributed by atoms with Crippen molar-refractivity contribution in [2.24, 2.45) is 66.6 Å². The lowest BCUT2D eigenvalue weighted by Crippen LogP contribution is -2.51. The standard InChI is InChI=1S/C21H21F3N4O4.C14H15F2N3O4.C14H17F2N3O2.C14H16F2N2O2.4CH4/c1-11-19-14(8-30-11)21(9-22,28-20(25)32-19)13-4-12(2-3-15(13)24)5-17(29)16-6-27-18(7-26-16)31-10-23;1-7-12-10(5-22-7)14(6-15,18-13(17)23-12)9-4-8(19(20)21)2-3-11(9)16;1-7-12-10(5-20-7)14(6-15,19-13(18)21-12)9-4-8(17)2-3-11(9)16;1-8-12-10(6-19-8)14(7-15,18-13(17)20-12)9-4-2-3-5-11(9)16;;;;/h2-4,6-7,11,14,19H,5,8-10H2,1H3,(H2,25,28);2-4,7,10,12H,5-6H2,1H3,(H2,17,18);2-4,7,10,12H,5-6,17H2,1H3,(H2,18,19);2-5,8,10,12H,6-7H2,1H3,(H2,17,18);4*1H4/t11-,14+,19-,21-;2*7-,10+,12-,14-;8-,10+,12-,14-;;;;/m1111..../s1. The monoisotopic (exact) mass is 1420 g/mol. The zero-order valence-electron chi connectivity index (χ0n) is 52.0. The van der Waals surface area contributed by atoms with E-state index < -0.39 is 138 Å². The number of anilines is 1. The summed E-state index contributed by atoms with van der Waals surface area (Å²) in [6.45, 7) is 2.91. The number of rotatable bonds is 14. The third-order valence-electron chi connectivity index (χ3n) is 18.5. The van der Waals surface area contributed by atoms with Crippen molar-refractivity contribution in [1.29, 1.82) is 0 Å². The highest BCUT2D eigenvalue weighted by Gasteiger charge is 2.60. The number of amidine groups is 4. The molecule has 24 nitrogen and oxygen atoms in total. The number of alkyl halides is 5. The number of ether oxygens (including phenoxy) is 9. The molecule has 0 bridgehead atoms. The normalized spacial score (nSPS) is 30.7. The van der Waals surface area contributed by atoms with Gasteiger partial charge in [-0.2, -0.15) is 0 Å². The summed E-state index contributed by atoms with van der Waals surface area (Å²) in [5.74, 6) is -5.09. The number of Topliss-reactive ketones (excluding diaryl/α,β-unsaturated/α-hetero) is 1. The molecule has 4 saturated heterocycles. The summed E-state index contributed by atoms with van der Waals surface area (Å²) in [6, 6.07) is 16.2. The summed E-state index contributed by atoms with van der Waals surface area (Å²) >= 11 is 0. The number of nitro groups is 1. The van der Waals surface area contributed by atoms with Crippen LogP contribution < -0.4 is 33.4 Å². The highest BCUT2D eigenvalue weighted by molar-refractivity contribution is 5.95. The van der Waals surface area contributed by atoms with E-state index in [0.29, 0.717) is 11.3 Å². The van der Waals surface area contributed by atoms with E-state index in [0.717, 1.165) is 36.7 Å². The van der Waals surface area contributed by atoms with Crippen molar-refractivity contribution < 1.29 is 91.9 Å². The average molecular weight is 1420 g/mol. The van der Waals surface area contributed by atoms with Crippen LogP contribution in [0.2, 0.25) is 0 Å². The lowest BCUT2D eigenvalue weighted by Gasteiger charge is -2.40. The van der Waals surface area contributed by atoms with Crippen LogP contribution >= 0.6 is 0 Å². The van der Waals surface area contributed by atoms with Crippen LogP contribution in [0.4, 0.5) is 50.9 Å². The zero-order valence-corrected chi connectivity index (χ0v) is 52.0. The molecule has 4 aromatic carbocycles. The Bertz CT molecular complexity index is 3820. The molecule has 0 radical (unpaired) electrons. The van der Waals surface area contributed by atoms with Gasteiger partial charge in [0.15, 0.2) is 5.78 Å². The first kappa shape index (κ1) is 79.9. The van der Waals surface area contributed by atoms with E-state index in [-0.39, 0.29) is 151 Å². The van der Waals surface area contributed by atoms with Gasteiger partial charge in [0, 0.05) is 46.5 Å². The summed E-state index contributed by atoms with van der Waals surface area (Å²) in [5.41, 5.74) is 22.8. The Morgan fingerprint density at radius 2 is 0.880 bits per heavy atom. The molecule has 0 spiro atoms. The number of aromatic nitrogens is 2. The van der Waals surface area contributed by atoms with Gasteiger partial charge in [-0.25, -0.2) is 69.5 Å². The minimum Gasteiger partial charge on any atom is -0.459 e. The van der Waals surface area contributed by atoms with Crippen molar-refractivity contribution in [3.05, 3.63) is 158 Å². The number of hydrogen-bond acceptors (Lipinski definition) is 23. The Balaban J connectivity index is 0.000000211. The van der Waals surface area contributed by atoms with E-state index in [4.69, 9.17) is 66.6 Å². The number of nitrogens with two attached hydrogens (primary N) is 5. The van der Waals surface area contributed by atoms with Gasteiger partial charge in [-0.05, 0) is 75.7 Å². The Morgan fingerprint density at radius 1 is 0.510 bits per heavy atom. The Morgan fingerprint density at radius 3 is 1.26 bits per heavy atom. The van der Waals surface area contributed by atoms with Crippen LogP contribution in [0, 0.1) is 57.1 Å². The molecule has 0 unspecified atom stereocenters. The van der Waals surface area contributed by atoms with Gasteiger partial charge < -0.3 is 71.3 Å². The van der Waals surface area contributed by atoms with Gasteiger partial charge in [0.2, 0.25) is 12.7 Å². The van der Waals surface area contributed by atoms with E-state index in [2.05, 4.69) is 34.7 Å². The lowest BCUT2D eigenvalue weighted by molar-refractivity contribution is -0.385. The van der Waals surface area contributed by atoms with Crippen molar-refractivity contribution in [2.45, 2.75) is 135 Å². The fourth-order valence-corrected chi connectivity index (χ4v) is 13.6. The number of carbonyl (C=O) groups is 1. The maximum Gasteiger partial charge on any atom is 0.283 e. The van der Waals surface area contributed by atoms with Crippen LogP contribution in [0.5, 0.6) is 5.88 Å². The van der Waals surface area contributed by atoms with Crippen LogP contribution in [0.3, 0.4) is 0 Å². The predicted octanol–water partition coefficient (Wildman–Crippen LogP) is 9.51. The number of carbonyl (C=O) groups excluding carboxylic acids is 1. The van der Waals surface area contributed by atoms with E-state index in [1.807, 2.05) is 13.8 Å².